The Morgan fingerprint density at radius 2 is 1.93 bits per heavy atom. The van der Waals surface area contributed by atoms with E-state index < -0.39 is 12.0 Å². The van der Waals surface area contributed by atoms with Gasteiger partial charge in [-0.25, -0.2) is 4.79 Å². The number of carbonyl (C=O) groups is 3. The molecule has 154 valence electrons. The molecular weight excluding hydrogens is 360 g/mol. The predicted octanol–water partition coefficient (Wildman–Crippen LogP) is 2.42. The zero-order valence-corrected chi connectivity index (χ0v) is 17.4. The molecule has 3 rings (SSSR count). The summed E-state index contributed by atoms with van der Waals surface area (Å²) >= 11 is 0. The fraction of sp³-hybridized carbons (Fsp3) is 0.667. The summed E-state index contributed by atoms with van der Waals surface area (Å²) in [6.07, 6.45) is 3.65. The first-order chi connectivity index (χ1) is 13.3. The molecule has 0 spiro atoms. The van der Waals surface area contributed by atoms with Crippen molar-refractivity contribution in [3.05, 3.63) is 22.5 Å². The highest BCUT2D eigenvalue weighted by Crippen LogP contribution is 2.33. The third-order valence-electron chi connectivity index (χ3n) is 6.04. The van der Waals surface area contributed by atoms with Crippen LogP contribution in [0.5, 0.6) is 0 Å². The Balaban J connectivity index is 1.90. The number of esters is 1. The second-order valence-corrected chi connectivity index (χ2v) is 7.92. The number of nitrogens with zero attached hydrogens (tertiary/aromatic N) is 2. The topological polar surface area (TPSA) is 77.8 Å². The number of hydrogen-bond acceptors (Lipinski definition) is 5. The van der Waals surface area contributed by atoms with Crippen LogP contribution in [0.1, 0.15) is 64.7 Å². The Bertz CT molecular complexity index is 787. The normalized spacial score (nSPS) is 20.1. The van der Waals surface area contributed by atoms with Crippen LogP contribution in [0.2, 0.25) is 0 Å². The molecule has 2 atom stereocenters. The van der Waals surface area contributed by atoms with Gasteiger partial charge < -0.3 is 18.9 Å². The molecule has 0 aromatic carbocycles. The minimum Gasteiger partial charge on any atom is -0.464 e. The molecule has 1 saturated carbocycles. The number of methoxy groups -OCH3 is 1. The van der Waals surface area contributed by atoms with Crippen LogP contribution in [0.3, 0.4) is 0 Å². The number of ether oxygens (including phenoxy) is 2. The quantitative estimate of drug-likeness (QED) is 0.528. The predicted molar refractivity (Wildman–Crippen MR) is 103 cm³/mol. The van der Waals surface area contributed by atoms with E-state index in [1.165, 1.54) is 7.11 Å². The zero-order valence-electron chi connectivity index (χ0n) is 17.4. The van der Waals surface area contributed by atoms with Crippen LogP contribution in [0.4, 0.5) is 0 Å². The van der Waals surface area contributed by atoms with E-state index in [9.17, 15) is 14.4 Å². The van der Waals surface area contributed by atoms with E-state index in [2.05, 4.69) is 0 Å². The third kappa shape index (κ3) is 3.72. The van der Waals surface area contributed by atoms with Gasteiger partial charge in [-0.1, -0.05) is 0 Å². The summed E-state index contributed by atoms with van der Waals surface area (Å²) in [6.45, 7) is 6.50. The smallest absolute Gasteiger partial charge is 0.354 e. The highest BCUT2D eigenvalue weighted by atomic mass is 16.5. The van der Waals surface area contributed by atoms with Gasteiger partial charge in [-0.3, -0.25) is 9.59 Å². The lowest BCUT2D eigenvalue weighted by molar-refractivity contribution is -0.135. The monoisotopic (exact) mass is 390 g/mol. The second kappa shape index (κ2) is 8.07. The molecule has 1 aromatic heterocycles. The minimum absolute atomic E-state index is 0.0125. The minimum atomic E-state index is -0.609. The van der Waals surface area contributed by atoms with Crippen LogP contribution in [-0.4, -0.2) is 59.5 Å². The average Bonchev–Trinajstić information content (AvgIpc) is 3.35. The molecule has 0 bridgehead atoms. The zero-order chi connectivity index (χ0) is 20.6. The Morgan fingerprint density at radius 3 is 2.46 bits per heavy atom. The molecule has 1 aliphatic heterocycles. The molecular formula is C21H30N2O5. The van der Waals surface area contributed by atoms with Crippen LogP contribution in [-0.2, 0) is 21.3 Å². The summed E-state index contributed by atoms with van der Waals surface area (Å²) in [7, 11) is 3.07. The number of rotatable bonds is 7. The Morgan fingerprint density at radius 1 is 1.25 bits per heavy atom. The molecule has 1 amide bonds. The van der Waals surface area contributed by atoms with Gasteiger partial charge in [-0.2, -0.15) is 0 Å². The lowest BCUT2D eigenvalue weighted by Gasteiger charge is -2.31. The molecule has 7 nitrogen and oxygen atoms in total. The molecule has 1 aromatic rings. The van der Waals surface area contributed by atoms with Crippen LogP contribution in [0.15, 0.2) is 0 Å². The molecule has 0 radical (unpaired) electrons. The van der Waals surface area contributed by atoms with Crippen LogP contribution >= 0.6 is 0 Å². The SMILES string of the molecule is COC(=O)c1c(C)c(C(=O)C(C)N(CC2CCCO2)C(=O)C2CC2)c(C)n1C. The van der Waals surface area contributed by atoms with Crippen molar-refractivity contribution in [1.82, 2.24) is 9.47 Å². The maximum Gasteiger partial charge on any atom is 0.354 e. The maximum absolute atomic E-state index is 13.4. The first-order valence-corrected chi connectivity index (χ1v) is 9.98. The lowest BCUT2D eigenvalue weighted by Crippen LogP contribution is -2.47. The van der Waals surface area contributed by atoms with E-state index in [4.69, 9.17) is 9.47 Å². The van der Waals surface area contributed by atoms with E-state index in [1.54, 1.807) is 30.4 Å². The molecule has 1 saturated heterocycles. The fourth-order valence-corrected chi connectivity index (χ4v) is 4.09. The Labute approximate surface area is 166 Å². The first-order valence-electron chi connectivity index (χ1n) is 9.98. The fourth-order valence-electron chi connectivity index (χ4n) is 4.09. The Kier molecular flexibility index (Phi) is 5.93. The standard InChI is InChI=1S/C21H30N2O5/c1-12-17(13(2)22(4)18(12)21(26)27-5)19(24)14(3)23(20(25)15-8-9-15)11-16-7-6-10-28-16/h14-16H,6-11H2,1-5H3. The molecule has 2 unspecified atom stereocenters. The van der Waals surface area contributed by atoms with Gasteiger partial charge in [0.05, 0.1) is 19.3 Å². The molecule has 1 aliphatic carbocycles. The van der Waals surface area contributed by atoms with Crippen LogP contribution < -0.4 is 0 Å². The number of ketones is 1. The highest BCUT2D eigenvalue weighted by molar-refractivity contribution is 6.06. The molecule has 0 N–H and O–H groups in total. The number of carbonyl (C=O) groups excluding carboxylic acids is 3. The van der Waals surface area contributed by atoms with Gasteiger partial charge in [0.1, 0.15) is 5.69 Å². The van der Waals surface area contributed by atoms with Gasteiger partial charge >= 0.3 is 5.97 Å². The van der Waals surface area contributed by atoms with Crippen molar-refractivity contribution >= 4 is 17.7 Å². The van der Waals surface area contributed by atoms with Crippen molar-refractivity contribution < 1.29 is 23.9 Å². The van der Waals surface area contributed by atoms with Gasteiger partial charge in [-0.15, -0.1) is 0 Å². The van der Waals surface area contributed by atoms with Crippen LogP contribution in [0.25, 0.3) is 0 Å². The van der Waals surface area contributed by atoms with Gasteiger partial charge in [-0.05, 0) is 52.0 Å². The molecule has 2 fully saturated rings. The first kappa shape index (κ1) is 20.6. The highest BCUT2D eigenvalue weighted by Gasteiger charge is 2.39. The molecule has 28 heavy (non-hydrogen) atoms. The molecule has 7 heteroatoms. The average molecular weight is 390 g/mol. The maximum atomic E-state index is 13.4. The van der Waals surface area contributed by atoms with E-state index >= 15 is 0 Å². The number of amides is 1. The molecule has 2 heterocycles. The van der Waals surface area contributed by atoms with E-state index in [1.807, 2.05) is 6.92 Å². The summed E-state index contributed by atoms with van der Waals surface area (Å²) in [5.41, 5.74) is 2.16. The van der Waals surface area contributed by atoms with Crippen molar-refractivity contribution in [2.75, 3.05) is 20.3 Å². The van der Waals surface area contributed by atoms with Crippen molar-refractivity contribution in [2.45, 2.75) is 58.6 Å². The second-order valence-electron chi connectivity index (χ2n) is 7.92. The van der Waals surface area contributed by atoms with Crippen LogP contribution in [0, 0.1) is 19.8 Å². The Hall–Kier alpha value is -2.15. The molecule has 2 aliphatic rings. The number of aromatic nitrogens is 1. The summed E-state index contributed by atoms with van der Waals surface area (Å²) in [5, 5.41) is 0. The summed E-state index contributed by atoms with van der Waals surface area (Å²) in [6, 6.07) is -0.609. The number of Topliss-reactive ketones (excluding diaryl/α,β-unsaturated/α-hetero) is 1. The lowest BCUT2D eigenvalue weighted by atomic mass is 9.99. The van der Waals surface area contributed by atoms with Gasteiger partial charge in [0.25, 0.3) is 0 Å². The van der Waals surface area contributed by atoms with Crippen molar-refractivity contribution in [3.63, 3.8) is 0 Å². The summed E-state index contributed by atoms with van der Waals surface area (Å²) in [4.78, 5) is 40.2. The van der Waals surface area contributed by atoms with Crippen molar-refractivity contribution in [1.29, 1.82) is 0 Å². The number of hydrogen-bond donors (Lipinski definition) is 0. The summed E-state index contributed by atoms with van der Waals surface area (Å²) < 4.78 is 12.3. The summed E-state index contributed by atoms with van der Waals surface area (Å²) in [5.74, 6) is -0.552. The van der Waals surface area contributed by atoms with Crippen molar-refractivity contribution in [3.8, 4) is 0 Å². The van der Waals surface area contributed by atoms with Gasteiger partial charge in [0, 0.05) is 37.4 Å². The van der Waals surface area contributed by atoms with E-state index in [0.29, 0.717) is 35.7 Å². The van der Waals surface area contributed by atoms with E-state index in [-0.39, 0.29) is 23.7 Å². The third-order valence-corrected chi connectivity index (χ3v) is 6.04. The van der Waals surface area contributed by atoms with Gasteiger partial charge in [0.15, 0.2) is 5.78 Å². The van der Waals surface area contributed by atoms with Gasteiger partial charge in [0.2, 0.25) is 5.91 Å². The largest absolute Gasteiger partial charge is 0.464 e. The van der Waals surface area contributed by atoms with E-state index in [0.717, 1.165) is 25.7 Å². The van der Waals surface area contributed by atoms with Crippen molar-refractivity contribution in [2.24, 2.45) is 13.0 Å².